The lowest BCUT2D eigenvalue weighted by Crippen LogP contribution is -2.34. The molecular formula is C8H7BF5O-. The molecule has 1 aromatic carbocycles. The van der Waals surface area contributed by atoms with Gasteiger partial charge < -0.3 is 17.7 Å². The molecule has 84 valence electrons. The summed E-state index contributed by atoms with van der Waals surface area (Å²) in [6.07, 6.45) is -2.85. The summed E-state index contributed by atoms with van der Waals surface area (Å²) in [5.41, 5.74) is -1.49. The molecule has 0 saturated carbocycles. The molecule has 0 radical (unpaired) electrons. The number of ether oxygens (including phenoxy) is 1. The zero-order valence-electron chi connectivity index (χ0n) is 7.68. The third-order valence-corrected chi connectivity index (χ3v) is 1.87. The molecule has 0 spiro atoms. The van der Waals surface area contributed by atoms with Crippen LogP contribution in [0.2, 0.25) is 0 Å². The SMILES string of the molecule is COc1cc([B-](F)(F)F)ccc1C(F)F. The van der Waals surface area contributed by atoms with Crippen molar-refractivity contribution in [2.24, 2.45) is 0 Å². The predicted molar refractivity (Wildman–Crippen MR) is 46.7 cm³/mol. The molecule has 1 nitrogen and oxygen atoms in total. The predicted octanol–water partition coefficient (Wildman–Crippen LogP) is 2.69. The van der Waals surface area contributed by atoms with E-state index in [2.05, 4.69) is 4.74 Å². The van der Waals surface area contributed by atoms with Crippen LogP contribution in [0.5, 0.6) is 5.75 Å². The van der Waals surface area contributed by atoms with Gasteiger partial charge in [-0.3, -0.25) is 0 Å². The average Bonchev–Trinajstić information content (AvgIpc) is 2.15. The van der Waals surface area contributed by atoms with Crippen molar-refractivity contribution in [3.63, 3.8) is 0 Å². The van der Waals surface area contributed by atoms with Crippen LogP contribution in [0.4, 0.5) is 21.7 Å². The van der Waals surface area contributed by atoms with Crippen molar-refractivity contribution in [2.45, 2.75) is 6.43 Å². The van der Waals surface area contributed by atoms with E-state index >= 15 is 0 Å². The van der Waals surface area contributed by atoms with Crippen LogP contribution in [0, 0.1) is 0 Å². The normalized spacial score (nSPS) is 11.9. The van der Waals surface area contributed by atoms with Crippen LogP contribution in [0.15, 0.2) is 18.2 Å². The van der Waals surface area contributed by atoms with Gasteiger partial charge in [0, 0.05) is 0 Å². The van der Waals surface area contributed by atoms with Crippen LogP contribution in [-0.2, 0) is 0 Å². The number of hydrogen-bond acceptors (Lipinski definition) is 1. The smallest absolute Gasteiger partial charge is 0.496 e. The minimum atomic E-state index is -5.19. The van der Waals surface area contributed by atoms with Crippen LogP contribution >= 0.6 is 0 Å². The molecule has 0 saturated heterocycles. The molecule has 1 rings (SSSR count). The lowest BCUT2D eigenvalue weighted by molar-refractivity contribution is 0.147. The summed E-state index contributed by atoms with van der Waals surface area (Å²) in [5.74, 6) is -0.443. The monoisotopic (exact) mass is 225 g/mol. The van der Waals surface area contributed by atoms with E-state index in [1.54, 1.807) is 0 Å². The van der Waals surface area contributed by atoms with Crippen LogP contribution in [-0.4, -0.2) is 14.1 Å². The minimum absolute atomic E-state index is 0.443. The molecule has 0 amide bonds. The van der Waals surface area contributed by atoms with Crippen molar-refractivity contribution in [3.05, 3.63) is 23.8 Å². The summed E-state index contributed by atoms with van der Waals surface area (Å²) in [5, 5.41) is 0. The van der Waals surface area contributed by atoms with Gasteiger partial charge in [0.05, 0.1) is 12.7 Å². The van der Waals surface area contributed by atoms with E-state index in [0.717, 1.165) is 13.2 Å². The minimum Gasteiger partial charge on any atom is -0.496 e. The highest BCUT2D eigenvalue weighted by atomic mass is 19.4. The Kier molecular flexibility index (Phi) is 3.21. The topological polar surface area (TPSA) is 9.23 Å². The summed E-state index contributed by atoms with van der Waals surface area (Å²) in [6, 6.07) is 1.94. The van der Waals surface area contributed by atoms with Gasteiger partial charge in [-0.1, -0.05) is 12.1 Å². The summed E-state index contributed by atoms with van der Waals surface area (Å²) < 4.78 is 65.8. The number of halogens is 5. The standard InChI is InChI=1S/C8H7BF5O/c1-15-7-4-5(9(12,13)14)2-3-6(7)8(10)11/h2-4,8H,1H3/q-1. The molecular weight excluding hydrogens is 218 g/mol. The van der Waals surface area contributed by atoms with Crippen LogP contribution in [0.25, 0.3) is 0 Å². The van der Waals surface area contributed by atoms with Gasteiger partial charge in [-0.15, -0.1) is 5.46 Å². The Morgan fingerprint density at radius 1 is 1.20 bits per heavy atom. The number of methoxy groups -OCH3 is 1. The van der Waals surface area contributed by atoms with Crippen molar-refractivity contribution >= 4 is 12.4 Å². The quantitative estimate of drug-likeness (QED) is 0.567. The fraction of sp³-hybridized carbons (Fsp3) is 0.250. The van der Waals surface area contributed by atoms with E-state index in [4.69, 9.17) is 0 Å². The Balaban J connectivity index is 3.19. The van der Waals surface area contributed by atoms with Gasteiger partial charge in [0.1, 0.15) is 5.75 Å². The van der Waals surface area contributed by atoms with Gasteiger partial charge in [0.2, 0.25) is 0 Å². The molecule has 0 aromatic heterocycles. The lowest BCUT2D eigenvalue weighted by atomic mass is 9.79. The first-order chi connectivity index (χ1) is 6.86. The van der Waals surface area contributed by atoms with Crippen molar-refractivity contribution in [3.8, 4) is 5.75 Å². The number of alkyl halides is 2. The molecule has 0 aliphatic carbocycles. The Hall–Kier alpha value is -1.27. The first-order valence-electron chi connectivity index (χ1n) is 4.02. The number of benzene rings is 1. The fourth-order valence-corrected chi connectivity index (χ4v) is 1.11. The Morgan fingerprint density at radius 2 is 1.80 bits per heavy atom. The van der Waals surface area contributed by atoms with Crippen molar-refractivity contribution in [1.29, 1.82) is 0 Å². The first-order valence-corrected chi connectivity index (χ1v) is 4.02. The summed E-state index contributed by atoms with van der Waals surface area (Å²) in [6.45, 7) is -5.19. The van der Waals surface area contributed by atoms with Gasteiger partial charge in [-0.2, -0.15) is 0 Å². The van der Waals surface area contributed by atoms with Crippen molar-refractivity contribution in [2.75, 3.05) is 7.11 Å². The van der Waals surface area contributed by atoms with Crippen LogP contribution in [0.1, 0.15) is 12.0 Å². The molecule has 0 aliphatic heterocycles. The van der Waals surface area contributed by atoms with E-state index in [1.807, 2.05) is 0 Å². The Labute approximate surface area is 82.9 Å². The Morgan fingerprint density at radius 3 is 2.20 bits per heavy atom. The summed E-state index contributed by atoms with van der Waals surface area (Å²) in [4.78, 5) is 0. The van der Waals surface area contributed by atoms with Crippen molar-refractivity contribution in [1.82, 2.24) is 0 Å². The third kappa shape index (κ3) is 2.61. The third-order valence-electron chi connectivity index (χ3n) is 1.87. The molecule has 0 unspecified atom stereocenters. The molecule has 0 atom stereocenters. The molecule has 0 fully saturated rings. The maximum absolute atomic E-state index is 12.3. The van der Waals surface area contributed by atoms with E-state index in [9.17, 15) is 21.7 Å². The molecule has 1 aromatic rings. The highest BCUT2D eigenvalue weighted by Gasteiger charge is 2.27. The molecule has 7 heteroatoms. The molecule has 0 heterocycles. The summed E-state index contributed by atoms with van der Waals surface area (Å²) >= 11 is 0. The maximum Gasteiger partial charge on any atom is 0.509 e. The van der Waals surface area contributed by atoms with Crippen LogP contribution < -0.4 is 10.2 Å². The van der Waals surface area contributed by atoms with Gasteiger partial charge in [0.15, 0.2) is 0 Å². The van der Waals surface area contributed by atoms with Crippen molar-refractivity contribution < 1.29 is 26.5 Å². The molecule has 0 aliphatic rings. The molecule has 15 heavy (non-hydrogen) atoms. The number of rotatable bonds is 3. The zero-order chi connectivity index (χ0) is 11.6. The van der Waals surface area contributed by atoms with E-state index in [0.29, 0.717) is 12.1 Å². The van der Waals surface area contributed by atoms with Crippen LogP contribution in [0.3, 0.4) is 0 Å². The van der Waals surface area contributed by atoms with Gasteiger partial charge in [-0.25, -0.2) is 8.78 Å². The molecule has 0 bridgehead atoms. The highest BCUT2D eigenvalue weighted by molar-refractivity contribution is 6.73. The van der Waals surface area contributed by atoms with Gasteiger partial charge in [-0.05, 0) is 6.07 Å². The second-order valence-corrected chi connectivity index (χ2v) is 2.88. The second-order valence-electron chi connectivity index (χ2n) is 2.88. The Bertz CT molecular complexity index is 349. The lowest BCUT2D eigenvalue weighted by Gasteiger charge is -2.17. The van der Waals surface area contributed by atoms with E-state index in [-0.39, 0.29) is 0 Å². The van der Waals surface area contributed by atoms with Gasteiger partial charge >= 0.3 is 6.98 Å². The maximum atomic E-state index is 12.3. The highest BCUT2D eigenvalue weighted by Crippen LogP contribution is 2.28. The van der Waals surface area contributed by atoms with Gasteiger partial charge in [0.25, 0.3) is 6.43 Å². The average molecular weight is 225 g/mol. The number of hydrogen-bond donors (Lipinski definition) is 0. The molecule has 0 N–H and O–H groups in total. The van der Waals surface area contributed by atoms with E-state index < -0.39 is 30.2 Å². The first kappa shape index (κ1) is 11.8. The second kappa shape index (κ2) is 4.08. The fourth-order valence-electron chi connectivity index (χ4n) is 1.11. The largest absolute Gasteiger partial charge is 0.509 e. The summed E-state index contributed by atoms with van der Waals surface area (Å²) in [7, 11) is 1.05. The van der Waals surface area contributed by atoms with E-state index in [1.165, 1.54) is 0 Å². The zero-order valence-corrected chi connectivity index (χ0v) is 7.68.